The molecule has 1 aliphatic heterocycles. The number of nitrogens with two attached hydrogens (primary N) is 1. The number of hydrogen-bond donors (Lipinski definition) is 1. The Labute approximate surface area is 114 Å². The van der Waals surface area contributed by atoms with E-state index in [-0.39, 0.29) is 6.04 Å². The van der Waals surface area contributed by atoms with Crippen LogP contribution in [0.5, 0.6) is 11.5 Å². The molecule has 0 amide bonds. The quantitative estimate of drug-likeness (QED) is 0.808. The highest BCUT2D eigenvalue weighted by atomic mass is 16.7. The molecule has 2 rings (SSSR count). The molecule has 106 valence electrons. The summed E-state index contributed by atoms with van der Waals surface area (Å²) in [7, 11) is 1.71. The van der Waals surface area contributed by atoms with Crippen LogP contribution < -0.4 is 15.2 Å². The third-order valence-corrected chi connectivity index (χ3v) is 3.34. The van der Waals surface area contributed by atoms with E-state index in [1.165, 1.54) is 0 Å². The lowest BCUT2D eigenvalue weighted by Gasteiger charge is -2.24. The van der Waals surface area contributed by atoms with Gasteiger partial charge in [-0.1, -0.05) is 13.0 Å². The van der Waals surface area contributed by atoms with Crippen molar-refractivity contribution in [3.05, 3.63) is 23.8 Å². The van der Waals surface area contributed by atoms with Gasteiger partial charge in [0.25, 0.3) is 0 Å². The SMILES string of the molecule is CCN(CCOC)CC(N)c1ccc2c(c1)OCO2. The van der Waals surface area contributed by atoms with Crippen molar-refractivity contribution < 1.29 is 14.2 Å². The summed E-state index contributed by atoms with van der Waals surface area (Å²) in [5.41, 5.74) is 7.33. The van der Waals surface area contributed by atoms with Crippen LogP contribution in [0.1, 0.15) is 18.5 Å². The van der Waals surface area contributed by atoms with Crippen LogP contribution in [0.15, 0.2) is 18.2 Å². The van der Waals surface area contributed by atoms with Gasteiger partial charge in [0.2, 0.25) is 6.79 Å². The van der Waals surface area contributed by atoms with Gasteiger partial charge in [-0.3, -0.25) is 4.90 Å². The van der Waals surface area contributed by atoms with E-state index in [9.17, 15) is 0 Å². The van der Waals surface area contributed by atoms with Crippen molar-refractivity contribution >= 4 is 0 Å². The number of likely N-dealkylation sites (N-methyl/N-ethyl adjacent to an activating group) is 1. The average molecular weight is 266 g/mol. The maximum Gasteiger partial charge on any atom is 0.231 e. The Morgan fingerprint density at radius 3 is 2.89 bits per heavy atom. The normalized spacial score (nSPS) is 14.9. The molecule has 0 bridgehead atoms. The number of ether oxygens (including phenoxy) is 3. The summed E-state index contributed by atoms with van der Waals surface area (Å²) >= 11 is 0. The molecule has 0 radical (unpaired) electrons. The molecule has 5 nitrogen and oxygen atoms in total. The van der Waals surface area contributed by atoms with Gasteiger partial charge in [-0.05, 0) is 24.2 Å². The molecule has 1 aliphatic rings. The molecule has 0 aromatic heterocycles. The Morgan fingerprint density at radius 1 is 1.37 bits per heavy atom. The predicted octanol–water partition coefficient (Wildman–Crippen LogP) is 1.38. The first-order valence-electron chi connectivity index (χ1n) is 6.61. The summed E-state index contributed by atoms with van der Waals surface area (Å²) < 4.78 is 15.8. The molecule has 1 aromatic rings. The molecular weight excluding hydrogens is 244 g/mol. The van der Waals surface area contributed by atoms with Crippen molar-refractivity contribution in [1.29, 1.82) is 0 Å². The maximum atomic E-state index is 6.26. The molecule has 0 saturated heterocycles. The largest absolute Gasteiger partial charge is 0.454 e. The Morgan fingerprint density at radius 2 is 2.16 bits per heavy atom. The second kappa shape index (κ2) is 6.75. The minimum absolute atomic E-state index is 0.0358. The third-order valence-electron chi connectivity index (χ3n) is 3.34. The molecule has 1 unspecified atom stereocenters. The Kier molecular flexibility index (Phi) is 5.01. The molecule has 2 N–H and O–H groups in total. The van der Waals surface area contributed by atoms with Crippen molar-refractivity contribution in [3.8, 4) is 11.5 Å². The van der Waals surface area contributed by atoms with E-state index >= 15 is 0 Å². The average Bonchev–Trinajstić information content (AvgIpc) is 2.90. The molecule has 19 heavy (non-hydrogen) atoms. The minimum Gasteiger partial charge on any atom is -0.454 e. The Balaban J connectivity index is 1.96. The van der Waals surface area contributed by atoms with E-state index in [1.54, 1.807) is 7.11 Å². The zero-order valence-electron chi connectivity index (χ0n) is 11.6. The van der Waals surface area contributed by atoms with E-state index < -0.39 is 0 Å². The van der Waals surface area contributed by atoms with E-state index in [0.717, 1.165) is 43.3 Å². The summed E-state index contributed by atoms with van der Waals surface area (Å²) in [5, 5.41) is 0. The van der Waals surface area contributed by atoms with Crippen LogP contribution in [0.2, 0.25) is 0 Å². The highest BCUT2D eigenvalue weighted by molar-refractivity contribution is 5.45. The van der Waals surface area contributed by atoms with E-state index in [1.807, 2.05) is 18.2 Å². The van der Waals surface area contributed by atoms with Crippen LogP contribution in [0.25, 0.3) is 0 Å². The second-order valence-electron chi connectivity index (χ2n) is 4.61. The second-order valence-corrected chi connectivity index (χ2v) is 4.61. The Hall–Kier alpha value is -1.30. The molecular formula is C14H22N2O3. The van der Waals surface area contributed by atoms with Crippen molar-refractivity contribution in [1.82, 2.24) is 4.90 Å². The van der Waals surface area contributed by atoms with Crippen LogP contribution in [-0.2, 0) is 4.74 Å². The number of benzene rings is 1. The zero-order valence-corrected chi connectivity index (χ0v) is 11.6. The molecule has 1 aromatic carbocycles. The van der Waals surface area contributed by atoms with Gasteiger partial charge in [-0.25, -0.2) is 0 Å². The summed E-state index contributed by atoms with van der Waals surface area (Å²) in [5.74, 6) is 1.58. The third kappa shape index (κ3) is 3.59. The fourth-order valence-electron chi connectivity index (χ4n) is 2.13. The number of nitrogens with zero attached hydrogens (tertiary/aromatic N) is 1. The first kappa shape index (κ1) is 14.1. The summed E-state index contributed by atoms with van der Waals surface area (Å²) in [6, 6.07) is 5.86. The number of hydrogen-bond acceptors (Lipinski definition) is 5. The van der Waals surface area contributed by atoms with Gasteiger partial charge in [-0.15, -0.1) is 0 Å². The zero-order chi connectivity index (χ0) is 13.7. The van der Waals surface area contributed by atoms with Gasteiger partial charge in [0.05, 0.1) is 6.61 Å². The van der Waals surface area contributed by atoms with Crippen LogP contribution in [0.4, 0.5) is 0 Å². The van der Waals surface area contributed by atoms with E-state index in [0.29, 0.717) is 6.79 Å². The highest BCUT2D eigenvalue weighted by Gasteiger charge is 2.17. The van der Waals surface area contributed by atoms with Crippen LogP contribution in [-0.4, -0.2) is 45.0 Å². The lowest BCUT2D eigenvalue weighted by atomic mass is 10.1. The number of methoxy groups -OCH3 is 1. The smallest absolute Gasteiger partial charge is 0.231 e. The standard InChI is InChI=1S/C14H22N2O3/c1-3-16(6-7-17-2)9-12(15)11-4-5-13-14(8-11)19-10-18-13/h4-5,8,12H,3,6-7,9-10,15H2,1-2H3. The first-order valence-corrected chi connectivity index (χ1v) is 6.61. The van der Waals surface area contributed by atoms with Gasteiger partial charge in [0.15, 0.2) is 11.5 Å². The molecule has 0 spiro atoms. The first-order chi connectivity index (χ1) is 9.24. The van der Waals surface area contributed by atoms with Crippen LogP contribution >= 0.6 is 0 Å². The topological polar surface area (TPSA) is 57.0 Å². The monoisotopic (exact) mass is 266 g/mol. The van der Waals surface area contributed by atoms with E-state index in [2.05, 4.69) is 11.8 Å². The van der Waals surface area contributed by atoms with Crippen molar-refractivity contribution in [2.24, 2.45) is 5.73 Å². The molecule has 5 heteroatoms. The molecule has 0 saturated carbocycles. The lowest BCUT2D eigenvalue weighted by molar-refractivity contribution is 0.147. The lowest BCUT2D eigenvalue weighted by Crippen LogP contribution is -2.34. The van der Waals surface area contributed by atoms with Gasteiger partial charge in [0.1, 0.15) is 0 Å². The summed E-state index contributed by atoms with van der Waals surface area (Å²) in [4.78, 5) is 2.28. The Bertz CT molecular complexity index is 412. The summed E-state index contributed by atoms with van der Waals surface area (Å²) in [6.07, 6.45) is 0. The minimum atomic E-state index is -0.0358. The number of rotatable bonds is 7. The van der Waals surface area contributed by atoms with Crippen molar-refractivity contribution in [2.75, 3.05) is 40.1 Å². The van der Waals surface area contributed by atoms with Crippen LogP contribution in [0, 0.1) is 0 Å². The molecule has 0 fully saturated rings. The van der Waals surface area contributed by atoms with Gasteiger partial charge < -0.3 is 19.9 Å². The maximum absolute atomic E-state index is 6.26. The van der Waals surface area contributed by atoms with E-state index in [4.69, 9.17) is 19.9 Å². The molecule has 1 atom stereocenters. The van der Waals surface area contributed by atoms with Gasteiger partial charge in [0, 0.05) is 26.2 Å². The predicted molar refractivity (Wildman–Crippen MR) is 73.5 cm³/mol. The molecule has 0 aliphatic carbocycles. The highest BCUT2D eigenvalue weighted by Crippen LogP contribution is 2.33. The van der Waals surface area contributed by atoms with Crippen molar-refractivity contribution in [3.63, 3.8) is 0 Å². The van der Waals surface area contributed by atoms with Crippen LogP contribution in [0.3, 0.4) is 0 Å². The van der Waals surface area contributed by atoms with Crippen molar-refractivity contribution in [2.45, 2.75) is 13.0 Å². The molecule has 1 heterocycles. The fraction of sp³-hybridized carbons (Fsp3) is 0.571. The summed E-state index contributed by atoms with van der Waals surface area (Å²) in [6.45, 7) is 5.80. The number of fused-ring (bicyclic) bond motifs is 1. The van der Waals surface area contributed by atoms with Gasteiger partial charge >= 0.3 is 0 Å². The fourth-order valence-corrected chi connectivity index (χ4v) is 2.13. The van der Waals surface area contributed by atoms with Gasteiger partial charge in [-0.2, -0.15) is 0 Å².